The summed E-state index contributed by atoms with van der Waals surface area (Å²) in [6.07, 6.45) is -6.06. The number of esters is 4. The molecule has 1 unspecified atom stereocenters. The highest BCUT2D eigenvalue weighted by Gasteiger charge is 2.68. The van der Waals surface area contributed by atoms with Crippen molar-refractivity contribution in [3.8, 4) is 0 Å². The topological polar surface area (TPSA) is 152 Å². The Morgan fingerprint density at radius 1 is 0.794 bits per heavy atom. The van der Waals surface area contributed by atoms with E-state index in [0.29, 0.717) is 4.90 Å². The van der Waals surface area contributed by atoms with Gasteiger partial charge in [0.2, 0.25) is 6.10 Å². The van der Waals surface area contributed by atoms with Crippen molar-refractivity contribution in [2.75, 3.05) is 0 Å². The fraction of sp³-hybridized carbons (Fsp3) is 0.455. The average Bonchev–Trinajstić information content (AvgIpc) is 2.97. The molecule has 2 amide bonds. The number of ether oxygens (including phenoxy) is 5. The molecule has 34 heavy (non-hydrogen) atoms. The fourth-order valence-electron chi connectivity index (χ4n) is 4.03. The van der Waals surface area contributed by atoms with Crippen molar-refractivity contribution in [3.63, 3.8) is 0 Å². The Balaban J connectivity index is 2.25. The van der Waals surface area contributed by atoms with E-state index >= 15 is 0 Å². The second-order valence-electron chi connectivity index (χ2n) is 7.72. The summed E-state index contributed by atoms with van der Waals surface area (Å²) in [4.78, 5) is 75.1. The molecule has 0 saturated carbocycles. The monoisotopic (exact) mass is 477 g/mol. The molecule has 0 aliphatic carbocycles. The largest absolute Gasteiger partial charge is 0.456 e. The molecule has 2 aliphatic heterocycles. The maximum absolute atomic E-state index is 13.3. The molecule has 0 spiro atoms. The zero-order valence-corrected chi connectivity index (χ0v) is 19.1. The Labute approximate surface area is 194 Å². The first-order valence-electron chi connectivity index (χ1n) is 10.3. The summed E-state index contributed by atoms with van der Waals surface area (Å²) in [6.45, 7) is 5.51. The maximum Gasteiger partial charge on any atom is 0.349 e. The molecule has 12 nitrogen and oxygen atoms in total. The van der Waals surface area contributed by atoms with E-state index < -0.39 is 66.0 Å². The van der Waals surface area contributed by atoms with Gasteiger partial charge in [-0.25, -0.2) is 4.90 Å². The first kappa shape index (κ1) is 24.8. The molecule has 3 rings (SSSR count). The minimum Gasteiger partial charge on any atom is -0.456 e. The van der Waals surface area contributed by atoms with E-state index in [1.807, 2.05) is 0 Å². The molecule has 0 radical (unpaired) electrons. The van der Waals surface area contributed by atoms with E-state index in [-0.39, 0.29) is 11.1 Å². The number of benzene rings is 1. The second kappa shape index (κ2) is 9.21. The smallest absolute Gasteiger partial charge is 0.349 e. The molecule has 5 atom stereocenters. The van der Waals surface area contributed by atoms with Crippen molar-refractivity contribution >= 4 is 35.7 Å². The van der Waals surface area contributed by atoms with E-state index in [4.69, 9.17) is 23.7 Å². The number of fused-ring (bicyclic) bond motifs is 1. The molecule has 0 aromatic heterocycles. The number of imide groups is 1. The third-order valence-corrected chi connectivity index (χ3v) is 5.09. The highest BCUT2D eigenvalue weighted by atomic mass is 16.8. The number of amides is 2. The standard InChI is InChI=1S/C22H23NO11/c1-10-17(30-11(2)24)18(31-12(3)25)19(32-13(4)26)22(33-10,34-14(5)27)23-20(28)15-8-6-7-9-16(15)21(23)29/h6-10,17-19H,1-5H3/t10-,17+,18+,19-,22?/m1/s1. The van der Waals surface area contributed by atoms with E-state index in [1.54, 1.807) is 0 Å². The minimum absolute atomic E-state index is 0.0111. The van der Waals surface area contributed by atoms with Gasteiger partial charge < -0.3 is 23.7 Å². The van der Waals surface area contributed by atoms with Crippen LogP contribution in [0.2, 0.25) is 0 Å². The van der Waals surface area contributed by atoms with Crippen molar-refractivity contribution < 1.29 is 52.5 Å². The number of carbonyl (C=O) groups excluding carboxylic acids is 6. The summed E-state index contributed by atoms with van der Waals surface area (Å²) in [6, 6.07) is 5.82. The van der Waals surface area contributed by atoms with Crippen molar-refractivity contribution in [3.05, 3.63) is 35.4 Å². The van der Waals surface area contributed by atoms with Crippen molar-refractivity contribution in [2.24, 2.45) is 0 Å². The van der Waals surface area contributed by atoms with E-state index in [1.165, 1.54) is 31.2 Å². The molecular weight excluding hydrogens is 454 g/mol. The van der Waals surface area contributed by atoms with Gasteiger partial charge in [0.25, 0.3) is 11.8 Å². The summed E-state index contributed by atoms with van der Waals surface area (Å²) in [5, 5.41) is 0. The Morgan fingerprint density at radius 2 is 1.26 bits per heavy atom. The molecule has 2 aliphatic rings. The van der Waals surface area contributed by atoms with E-state index in [0.717, 1.165) is 27.7 Å². The van der Waals surface area contributed by atoms with Crippen molar-refractivity contribution in [2.45, 2.75) is 64.9 Å². The molecular formula is C22H23NO11. The van der Waals surface area contributed by atoms with Crippen molar-refractivity contribution in [1.29, 1.82) is 0 Å². The number of rotatable bonds is 5. The Kier molecular flexibility index (Phi) is 6.73. The summed E-state index contributed by atoms with van der Waals surface area (Å²) >= 11 is 0. The second-order valence-corrected chi connectivity index (χ2v) is 7.72. The Bertz CT molecular complexity index is 1030. The zero-order chi connectivity index (χ0) is 25.4. The van der Waals surface area contributed by atoms with Crippen LogP contribution in [0.5, 0.6) is 0 Å². The van der Waals surface area contributed by atoms with Gasteiger partial charge in [-0.1, -0.05) is 12.1 Å². The van der Waals surface area contributed by atoms with Crippen LogP contribution >= 0.6 is 0 Å². The van der Waals surface area contributed by atoms with Crippen LogP contribution in [0.3, 0.4) is 0 Å². The van der Waals surface area contributed by atoms with Gasteiger partial charge >= 0.3 is 29.8 Å². The van der Waals surface area contributed by atoms with Gasteiger partial charge in [-0.15, -0.1) is 0 Å². The molecule has 1 aromatic rings. The molecule has 182 valence electrons. The van der Waals surface area contributed by atoms with Gasteiger partial charge in [0.1, 0.15) is 6.10 Å². The van der Waals surface area contributed by atoms with Crippen LogP contribution in [0.4, 0.5) is 0 Å². The molecule has 1 saturated heterocycles. The summed E-state index contributed by atoms with van der Waals surface area (Å²) < 4.78 is 27.2. The molecule has 0 bridgehead atoms. The van der Waals surface area contributed by atoms with Gasteiger partial charge in [0.05, 0.1) is 11.1 Å². The molecule has 1 fully saturated rings. The molecule has 2 heterocycles. The highest BCUT2D eigenvalue weighted by molar-refractivity contribution is 6.21. The molecule has 12 heteroatoms. The Morgan fingerprint density at radius 3 is 1.71 bits per heavy atom. The lowest BCUT2D eigenvalue weighted by Gasteiger charge is -2.51. The predicted octanol–water partition coefficient (Wildman–Crippen LogP) is 0.713. The number of nitrogens with zero attached hydrogens (tertiary/aromatic N) is 1. The number of carbonyl (C=O) groups is 6. The lowest BCUT2D eigenvalue weighted by molar-refractivity contribution is -0.379. The molecule has 1 aromatic carbocycles. The van der Waals surface area contributed by atoms with Crippen LogP contribution in [0.25, 0.3) is 0 Å². The third kappa shape index (κ3) is 4.36. The van der Waals surface area contributed by atoms with Gasteiger partial charge in [-0.3, -0.25) is 28.8 Å². The lowest BCUT2D eigenvalue weighted by Crippen LogP contribution is -2.74. The van der Waals surface area contributed by atoms with Gasteiger partial charge in [0.15, 0.2) is 12.2 Å². The number of hydrogen-bond acceptors (Lipinski definition) is 11. The zero-order valence-electron chi connectivity index (χ0n) is 19.1. The van der Waals surface area contributed by atoms with Gasteiger partial charge in [-0.2, -0.15) is 0 Å². The minimum atomic E-state index is -2.68. The first-order valence-corrected chi connectivity index (χ1v) is 10.3. The van der Waals surface area contributed by atoms with Crippen LogP contribution < -0.4 is 0 Å². The highest BCUT2D eigenvalue weighted by Crippen LogP contribution is 2.42. The maximum atomic E-state index is 13.3. The quantitative estimate of drug-likeness (QED) is 0.335. The predicted molar refractivity (Wildman–Crippen MR) is 109 cm³/mol. The summed E-state index contributed by atoms with van der Waals surface area (Å²) in [5.74, 6) is -8.09. The SMILES string of the molecule is CC(=O)O[C@@H]1[C@H](OC(C)=O)[C@@H](OC(C)=O)C(OC(C)=O)(N2C(=O)c3ccccc3C2=O)O[C@@H]1C. The van der Waals surface area contributed by atoms with Crippen LogP contribution in [0, 0.1) is 0 Å². The van der Waals surface area contributed by atoms with Gasteiger partial charge in [0, 0.05) is 27.7 Å². The van der Waals surface area contributed by atoms with Crippen LogP contribution in [-0.2, 0) is 42.9 Å². The number of hydrogen-bond donors (Lipinski definition) is 0. The van der Waals surface area contributed by atoms with Crippen molar-refractivity contribution in [1.82, 2.24) is 4.90 Å². The average molecular weight is 477 g/mol. The van der Waals surface area contributed by atoms with Crippen LogP contribution in [-0.4, -0.2) is 70.9 Å². The van der Waals surface area contributed by atoms with E-state index in [2.05, 4.69) is 0 Å². The van der Waals surface area contributed by atoms with Crippen LogP contribution in [0.15, 0.2) is 24.3 Å². The first-order chi connectivity index (χ1) is 15.9. The van der Waals surface area contributed by atoms with Gasteiger partial charge in [-0.05, 0) is 19.1 Å². The normalized spacial score (nSPS) is 28.1. The fourth-order valence-corrected chi connectivity index (χ4v) is 4.03. The Hall–Kier alpha value is -3.80. The summed E-state index contributed by atoms with van der Waals surface area (Å²) in [7, 11) is 0. The lowest BCUT2D eigenvalue weighted by atomic mass is 9.95. The van der Waals surface area contributed by atoms with E-state index in [9.17, 15) is 28.8 Å². The third-order valence-electron chi connectivity index (χ3n) is 5.09. The molecule has 0 N–H and O–H groups in total. The summed E-state index contributed by atoms with van der Waals surface area (Å²) in [5.41, 5.74) is -0.0222. The van der Waals surface area contributed by atoms with Crippen LogP contribution in [0.1, 0.15) is 55.3 Å².